The monoisotopic (exact) mass is 284 g/mol. The highest BCUT2D eigenvalue weighted by atomic mass is 16.1. The number of hydrogen-bond acceptors (Lipinski definition) is 2. The van der Waals surface area contributed by atoms with Gasteiger partial charge in [0, 0.05) is 17.2 Å². The molecule has 1 aliphatic carbocycles. The fourth-order valence-corrected chi connectivity index (χ4v) is 2.84. The average Bonchev–Trinajstić information content (AvgIpc) is 2.54. The van der Waals surface area contributed by atoms with Gasteiger partial charge in [-0.15, -0.1) is 0 Å². The Morgan fingerprint density at radius 3 is 2.76 bits per heavy atom. The Labute approximate surface area is 127 Å². The summed E-state index contributed by atoms with van der Waals surface area (Å²) in [6, 6.07) is 5.94. The van der Waals surface area contributed by atoms with Gasteiger partial charge < -0.3 is 11.1 Å². The third kappa shape index (κ3) is 4.34. The standard InChI is InChI=1S/C18H24N2O/c1-2-15-13-14(7-6-12-19)10-11-17(15)20-18(21)16-8-4-3-5-9-16/h10-11,13,16H,2-5,8-9,12,19H2,1H3,(H,20,21). The molecule has 3 N–H and O–H groups in total. The topological polar surface area (TPSA) is 55.1 Å². The van der Waals surface area contributed by atoms with Crippen molar-refractivity contribution in [2.24, 2.45) is 11.7 Å². The SMILES string of the molecule is CCc1cc(C#CCN)ccc1NC(=O)C1CCCCC1. The van der Waals surface area contributed by atoms with E-state index in [-0.39, 0.29) is 11.8 Å². The van der Waals surface area contributed by atoms with Crippen molar-refractivity contribution < 1.29 is 4.79 Å². The second-order valence-corrected chi connectivity index (χ2v) is 5.56. The zero-order chi connectivity index (χ0) is 15.1. The number of carbonyl (C=O) groups is 1. The minimum atomic E-state index is 0.171. The smallest absolute Gasteiger partial charge is 0.227 e. The number of hydrogen-bond donors (Lipinski definition) is 2. The fourth-order valence-electron chi connectivity index (χ4n) is 2.84. The van der Waals surface area contributed by atoms with Crippen molar-refractivity contribution in [3.8, 4) is 11.8 Å². The van der Waals surface area contributed by atoms with E-state index in [9.17, 15) is 4.79 Å². The first-order chi connectivity index (χ1) is 10.2. The molecule has 2 rings (SSSR count). The zero-order valence-corrected chi connectivity index (χ0v) is 12.7. The number of rotatable bonds is 3. The Morgan fingerprint density at radius 2 is 2.10 bits per heavy atom. The molecule has 0 heterocycles. The molecular weight excluding hydrogens is 260 g/mol. The molecule has 0 saturated heterocycles. The molecule has 21 heavy (non-hydrogen) atoms. The number of amides is 1. The molecule has 0 radical (unpaired) electrons. The van der Waals surface area contributed by atoms with Crippen LogP contribution in [0, 0.1) is 17.8 Å². The Bertz CT molecular complexity index is 548. The predicted octanol–water partition coefficient (Wildman–Crippen LogP) is 3.08. The third-order valence-electron chi connectivity index (χ3n) is 4.05. The quantitative estimate of drug-likeness (QED) is 0.838. The van der Waals surface area contributed by atoms with E-state index in [2.05, 4.69) is 24.1 Å². The van der Waals surface area contributed by atoms with Crippen molar-refractivity contribution in [3.63, 3.8) is 0 Å². The molecule has 0 atom stereocenters. The van der Waals surface area contributed by atoms with E-state index in [1.54, 1.807) is 0 Å². The lowest BCUT2D eigenvalue weighted by molar-refractivity contribution is -0.120. The van der Waals surface area contributed by atoms with Gasteiger partial charge in [0.2, 0.25) is 5.91 Å². The lowest BCUT2D eigenvalue weighted by Gasteiger charge is -2.21. The molecule has 3 heteroatoms. The zero-order valence-electron chi connectivity index (χ0n) is 12.7. The van der Waals surface area contributed by atoms with E-state index >= 15 is 0 Å². The first kappa shape index (κ1) is 15.6. The molecule has 1 aromatic carbocycles. The molecule has 0 spiro atoms. The van der Waals surface area contributed by atoms with Crippen LogP contribution in [0.15, 0.2) is 18.2 Å². The van der Waals surface area contributed by atoms with Crippen molar-refractivity contribution in [2.45, 2.75) is 45.4 Å². The first-order valence-electron chi connectivity index (χ1n) is 7.87. The summed E-state index contributed by atoms with van der Waals surface area (Å²) >= 11 is 0. The second-order valence-electron chi connectivity index (χ2n) is 5.56. The highest BCUT2D eigenvalue weighted by Crippen LogP contribution is 2.26. The summed E-state index contributed by atoms with van der Waals surface area (Å²) in [6.45, 7) is 2.45. The molecular formula is C18H24N2O. The number of aryl methyl sites for hydroxylation is 1. The van der Waals surface area contributed by atoms with Crippen molar-refractivity contribution in [1.29, 1.82) is 0 Å². The van der Waals surface area contributed by atoms with Crippen LogP contribution in [0.2, 0.25) is 0 Å². The number of nitrogens with two attached hydrogens (primary N) is 1. The van der Waals surface area contributed by atoms with E-state index in [1.165, 1.54) is 19.3 Å². The van der Waals surface area contributed by atoms with E-state index in [0.717, 1.165) is 36.1 Å². The molecule has 3 nitrogen and oxygen atoms in total. The maximum absolute atomic E-state index is 12.3. The minimum Gasteiger partial charge on any atom is -0.326 e. The van der Waals surface area contributed by atoms with Crippen LogP contribution in [-0.2, 0) is 11.2 Å². The van der Waals surface area contributed by atoms with Gasteiger partial charge in [-0.3, -0.25) is 4.79 Å². The van der Waals surface area contributed by atoms with Crippen molar-refractivity contribution in [1.82, 2.24) is 0 Å². The molecule has 0 aliphatic heterocycles. The van der Waals surface area contributed by atoms with E-state index < -0.39 is 0 Å². The molecule has 1 fully saturated rings. The largest absolute Gasteiger partial charge is 0.326 e. The summed E-state index contributed by atoms with van der Waals surface area (Å²) in [5.74, 6) is 6.25. The van der Waals surface area contributed by atoms with Gasteiger partial charge in [-0.05, 0) is 43.0 Å². The van der Waals surface area contributed by atoms with Crippen molar-refractivity contribution in [2.75, 3.05) is 11.9 Å². The molecule has 1 aromatic rings. The number of carbonyl (C=O) groups excluding carboxylic acids is 1. The van der Waals surface area contributed by atoms with E-state index in [0.29, 0.717) is 6.54 Å². The molecule has 112 valence electrons. The lowest BCUT2D eigenvalue weighted by Crippen LogP contribution is -2.25. The highest BCUT2D eigenvalue weighted by molar-refractivity contribution is 5.93. The van der Waals surface area contributed by atoms with Gasteiger partial charge in [0.05, 0.1) is 6.54 Å². The normalized spacial score (nSPS) is 15.1. The second kappa shape index (κ2) is 7.85. The third-order valence-corrected chi connectivity index (χ3v) is 4.05. The summed E-state index contributed by atoms with van der Waals surface area (Å²) < 4.78 is 0. The summed E-state index contributed by atoms with van der Waals surface area (Å²) in [6.07, 6.45) is 6.52. The van der Waals surface area contributed by atoms with Crippen LogP contribution in [0.4, 0.5) is 5.69 Å². The van der Waals surface area contributed by atoms with E-state index in [1.807, 2.05) is 18.2 Å². The van der Waals surface area contributed by atoms with Crippen molar-refractivity contribution >= 4 is 11.6 Å². The Morgan fingerprint density at radius 1 is 1.33 bits per heavy atom. The van der Waals surface area contributed by atoms with Crippen LogP contribution in [0.3, 0.4) is 0 Å². The molecule has 0 unspecified atom stereocenters. The van der Waals surface area contributed by atoms with Gasteiger partial charge in [0.15, 0.2) is 0 Å². The van der Waals surface area contributed by atoms with Gasteiger partial charge in [-0.2, -0.15) is 0 Å². The fraction of sp³-hybridized carbons (Fsp3) is 0.500. The Hall–Kier alpha value is -1.79. The number of anilines is 1. The van der Waals surface area contributed by atoms with Crippen LogP contribution in [0.25, 0.3) is 0 Å². The van der Waals surface area contributed by atoms with Crippen LogP contribution in [0.5, 0.6) is 0 Å². The summed E-state index contributed by atoms with van der Waals surface area (Å²) in [5, 5.41) is 3.10. The van der Waals surface area contributed by atoms with Crippen LogP contribution < -0.4 is 11.1 Å². The Balaban J connectivity index is 2.09. The van der Waals surface area contributed by atoms with Crippen LogP contribution in [0.1, 0.15) is 50.2 Å². The molecule has 0 aromatic heterocycles. The van der Waals surface area contributed by atoms with Gasteiger partial charge in [0.25, 0.3) is 0 Å². The Kier molecular flexibility index (Phi) is 5.83. The molecule has 1 aliphatic rings. The average molecular weight is 284 g/mol. The summed E-state index contributed by atoms with van der Waals surface area (Å²) in [7, 11) is 0. The maximum atomic E-state index is 12.3. The van der Waals surface area contributed by atoms with Gasteiger partial charge in [0.1, 0.15) is 0 Å². The van der Waals surface area contributed by atoms with Crippen LogP contribution in [-0.4, -0.2) is 12.5 Å². The molecule has 1 amide bonds. The lowest BCUT2D eigenvalue weighted by atomic mass is 9.88. The van der Waals surface area contributed by atoms with Crippen molar-refractivity contribution in [3.05, 3.63) is 29.3 Å². The van der Waals surface area contributed by atoms with Gasteiger partial charge in [-0.25, -0.2) is 0 Å². The highest BCUT2D eigenvalue weighted by Gasteiger charge is 2.21. The summed E-state index contributed by atoms with van der Waals surface area (Å²) in [5.41, 5.74) is 8.40. The van der Waals surface area contributed by atoms with Gasteiger partial charge >= 0.3 is 0 Å². The van der Waals surface area contributed by atoms with Crippen LogP contribution >= 0.6 is 0 Å². The maximum Gasteiger partial charge on any atom is 0.227 e. The predicted molar refractivity (Wildman–Crippen MR) is 87.0 cm³/mol. The first-order valence-corrected chi connectivity index (χ1v) is 7.87. The number of nitrogens with one attached hydrogen (secondary N) is 1. The summed E-state index contributed by atoms with van der Waals surface area (Å²) in [4.78, 5) is 12.3. The molecule has 0 bridgehead atoms. The van der Waals surface area contributed by atoms with Gasteiger partial charge in [-0.1, -0.05) is 38.0 Å². The number of benzene rings is 1. The molecule has 1 saturated carbocycles. The van der Waals surface area contributed by atoms with E-state index in [4.69, 9.17) is 5.73 Å². The minimum absolute atomic E-state index is 0.171.